The fourth-order valence-corrected chi connectivity index (χ4v) is 1.77. The van der Waals surface area contributed by atoms with E-state index in [1.165, 1.54) is 0 Å². The Bertz CT molecular complexity index is 265. The molecule has 94 valence electrons. The number of rotatable bonds is 2. The lowest BCUT2D eigenvalue weighted by Crippen LogP contribution is -2.56. The molecule has 4 nitrogen and oxygen atoms in total. The third kappa shape index (κ3) is 3.07. The summed E-state index contributed by atoms with van der Waals surface area (Å²) >= 11 is 0. The molecule has 0 bridgehead atoms. The van der Waals surface area contributed by atoms with Crippen molar-refractivity contribution in [1.29, 1.82) is 0 Å². The van der Waals surface area contributed by atoms with E-state index < -0.39 is 23.9 Å². The van der Waals surface area contributed by atoms with Crippen molar-refractivity contribution in [2.75, 3.05) is 19.8 Å². The number of nitrogens with one attached hydrogen (secondary N) is 2. The molecular weight excluding hydrogens is 211 g/mol. The average molecular weight is 232 g/mol. The van der Waals surface area contributed by atoms with Gasteiger partial charge in [0, 0.05) is 13.1 Å². The second-order valence-corrected chi connectivity index (χ2v) is 5.45. The van der Waals surface area contributed by atoms with Crippen LogP contribution < -0.4 is 10.6 Å². The fraction of sp³-hybridized carbons (Fsp3) is 0.909. The second-order valence-electron chi connectivity index (χ2n) is 5.45. The molecule has 0 aliphatic carbocycles. The molecule has 0 aromatic heterocycles. The van der Waals surface area contributed by atoms with Crippen molar-refractivity contribution in [3.63, 3.8) is 0 Å². The summed E-state index contributed by atoms with van der Waals surface area (Å²) in [5.41, 5.74) is -1.38. The van der Waals surface area contributed by atoms with Crippen molar-refractivity contribution in [2.45, 2.75) is 38.8 Å². The summed E-state index contributed by atoms with van der Waals surface area (Å²) in [7, 11) is 0. The van der Waals surface area contributed by atoms with Crippen LogP contribution in [0.5, 0.6) is 0 Å². The molecule has 0 radical (unpaired) electrons. The lowest BCUT2D eigenvalue weighted by molar-refractivity contribution is 0.0418. The number of alkyl carbamates (subject to hydrolysis) is 1. The Balaban J connectivity index is 2.60. The minimum absolute atomic E-state index is 0.0602. The zero-order valence-corrected chi connectivity index (χ0v) is 10.4. The Hall–Kier alpha value is -0.840. The van der Waals surface area contributed by atoms with E-state index >= 15 is 0 Å². The van der Waals surface area contributed by atoms with Gasteiger partial charge >= 0.3 is 6.09 Å². The van der Waals surface area contributed by atoms with Crippen molar-refractivity contribution >= 4 is 6.09 Å². The summed E-state index contributed by atoms with van der Waals surface area (Å²) in [6, 6.07) is 0. The van der Waals surface area contributed by atoms with Gasteiger partial charge in [-0.2, -0.15) is 0 Å². The predicted molar refractivity (Wildman–Crippen MR) is 60.1 cm³/mol. The predicted octanol–water partition coefficient (Wildman–Crippen LogP) is 1.46. The number of hydrogen-bond donors (Lipinski definition) is 2. The molecule has 0 saturated carbocycles. The van der Waals surface area contributed by atoms with E-state index in [0.717, 1.165) is 0 Å². The fourth-order valence-electron chi connectivity index (χ4n) is 1.77. The first-order chi connectivity index (χ1) is 7.29. The van der Waals surface area contributed by atoms with Gasteiger partial charge in [-0.25, -0.2) is 9.18 Å². The Morgan fingerprint density at radius 1 is 1.62 bits per heavy atom. The molecule has 1 fully saturated rings. The normalized spacial score (nSPS) is 30.2. The van der Waals surface area contributed by atoms with Crippen LogP contribution in [0.25, 0.3) is 0 Å². The van der Waals surface area contributed by atoms with Crippen LogP contribution in [-0.2, 0) is 4.74 Å². The van der Waals surface area contributed by atoms with Crippen LogP contribution in [0.1, 0.15) is 27.7 Å². The highest BCUT2D eigenvalue weighted by Crippen LogP contribution is 2.23. The lowest BCUT2D eigenvalue weighted by atomic mass is 9.90. The van der Waals surface area contributed by atoms with Crippen LogP contribution in [0, 0.1) is 5.92 Å². The molecule has 1 amide bonds. The molecule has 5 heteroatoms. The summed E-state index contributed by atoms with van der Waals surface area (Å²) < 4.78 is 18.2. The molecular formula is C11H21FN2O2. The van der Waals surface area contributed by atoms with E-state index in [-0.39, 0.29) is 5.92 Å². The molecule has 1 heterocycles. The Labute approximate surface area is 95.9 Å². The number of amides is 1. The number of alkyl halides is 1. The van der Waals surface area contributed by atoms with Crippen molar-refractivity contribution in [1.82, 2.24) is 10.6 Å². The monoisotopic (exact) mass is 232 g/mol. The van der Waals surface area contributed by atoms with Gasteiger partial charge in [0.15, 0.2) is 0 Å². The third-order valence-corrected chi connectivity index (χ3v) is 2.82. The van der Waals surface area contributed by atoms with Gasteiger partial charge in [0.25, 0.3) is 0 Å². The summed E-state index contributed by atoms with van der Waals surface area (Å²) in [4.78, 5) is 11.6. The molecule has 1 saturated heterocycles. The first-order valence-corrected chi connectivity index (χ1v) is 5.57. The number of ether oxygens (including phenoxy) is 1. The van der Waals surface area contributed by atoms with Gasteiger partial charge in [-0.15, -0.1) is 0 Å². The first-order valence-electron chi connectivity index (χ1n) is 5.57. The van der Waals surface area contributed by atoms with Gasteiger partial charge in [-0.1, -0.05) is 6.92 Å². The maximum atomic E-state index is 13.1. The van der Waals surface area contributed by atoms with Crippen molar-refractivity contribution in [3.05, 3.63) is 0 Å². The highest BCUT2D eigenvalue weighted by Gasteiger charge is 2.42. The topological polar surface area (TPSA) is 50.4 Å². The Morgan fingerprint density at radius 3 is 2.62 bits per heavy atom. The molecule has 1 unspecified atom stereocenters. The van der Waals surface area contributed by atoms with E-state index in [1.54, 1.807) is 20.8 Å². The van der Waals surface area contributed by atoms with Gasteiger partial charge in [0.1, 0.15) is 12.3 Å². The summed E-state index contributed by atoms with van der Waals surface area (Å²) in [5.74, 6) is 0.0602. The standard InChI is InChI=1S/C11H21FN2O2/c1-8-5-13-7-11(8,6-12)14-9(15)16-10(2,3)4/h8,13H,5-7H2,1-4H3,(H,14,15)/t8?,11-/m1/s1. The summed E-state index contributed by atoms with van der Waals surface area (Å²) in [6.07, 6.45) is -0.555. The van der Waals surface area contributed by atoms with Crippen molar-refractivity contribution < 1.29 is 13.9 Å². The summed E-state index contributed by atoms with van der Waals surface area (Å²) in [5, 5.41) is 5.72. The van der Waals surface area contributed by atoms with E-state index in [1.807, 2.05) is 6.92 Å². The number of carbonyl (C=O) groups is 1. The minimum atomic E-state index is -0.817. The quantitative estimate of drug-likeness (QED) is 0.758. The highest BCUT2D eigenvalue weighted by molar-refractivity contribution is 5.69. The zero-order chi connectivity index (χ0) is 12.4. The molecule has 1 rings (SSSR count). The largest absolute Gasteiger partial charge is 0.444 e. The third-order valence-electron chi connectivity index (χ3n) is 2.82. The highest BCUT2D eigenvalue weighted by atomic mass is 19.1. The maximum absolute atomic E-state index is 13.1. The molecule has 0 aromatic carbocycles. The minimum Gasteiger partial charge on any atom is -0.444 e. The molecule has 0 aromatic rings. The van der Waals surface area contributed by atoms with Crippen LogP contribution in [0.2, 0.25) is 0 Å². The van der Waals surface area contributed by atoms with Crippen LogP contribution >= 0.6 is 0 Å². The lowest BCUT2D eigenvalue weighted by Gasteiger charge is -2.32. The summed E-state index contributed by atoms with van der Waals surface area (Å²) in [6.45, 7) is 7.84. The molecule has 2 N–H and O–H groups in total. The van der Waals surface area contributed by atoms with Crippen molar-refractivity contribution in [3.8, 4) is 0 Å². The van der Waals surface area contributed by atoms with Gasteiger partial charge in [-0.3, -0.25) is 0 Å². The first kappa shape index (κ1) is 13.2. The van der Waals surface area contributed by atoms with Crippen LogP contribution in [0.3, 0.4) is 0 Å². The van der Waals surface area contributed by atoms with E-state index in [4.69, 9.17) is 4.74 Å². The molecule has 16 heavy (non-hydrogen) atoms. The Kier molecular flexibility index (Phi) is 3.78. The second kappa shape index (κ2) is 4.57. The zero-order valence-electron chi connectivity index (χ0n) is 10.4. The van der Waals surface area contributed by atoms with Crippen LogP contribution in [0.15, 0.2) is 0 Å². The van der Waals surface area contributed by atoms with E-state index in [0.29, 0.717) is 13.1 Å². The average Bonchev–Trinajstić information content (AvgIpc) is 2.45. The molecule has 1 aliphatic heterocycles. The van der Waals surface area contributed by atoms with Gasteiger partial charge < -0.3 is 15.4 Å². The smallest absolute Gasteiger partial charge is 0.408 e. The van der Waals surface area contributed by atoms with Gasteiger partial charge in [0.05, 0.1) is 5.54 Å². The SMILES string of the molecule is CC1CNC[C@@]1(CF)NC(=O)OC(C)(C)C. The van der Waals surface area contributed by atoms with E-state index in [9.17, 15) is 9.18 Å². The van der Waals surface area contributed by atoms with Crippen LogP contribution in [-0.4, -0.2) is 37.0 Å². The number of halogens is 1. The molecule has 0 spiro atoms. The van der Waals surface area contributed by atoms with Gasteiger partial charge in [-0.05, 0) is 26.7 Å². The van der Waals surface area contributed by atoms with Crippen molar-refractivity contribution in [2.24, 2.45) is 5.92 Å². The maximum Gasteiger partial charge on any atom is 0.408 e. The molecule has 2 atom stereocenters. The molecule has 1 aliphatic rings. The number of carbonyl (C=O) groups excluding carboxylic acids is 1. The Morgan fingerprint density at radius 2 is 2.25 bits per heavy atom. The van der Waals surface area contributed by atoms with Gasteiger partial charge in [0.2, 0.25) is 0 Å². The van der Waals surface area contributed by atoms with E-state index in [2.05, 4.69) is 10.6 Å². The van der Waals surface area contributed by atoms with Crippen LogP contribution in [0.4, 0.5) is 9.18 Å². The number of hydrogen-bond acceptors (Lipinski definition) is 3.